The van der Waals surface area contributed by atoms with Crippen molar-refractivity contribution in [3.8, 4) is 0 Å². The van der Waals surface area contributed by atoms with E-state index in [1.54, 1.807) is 24.3 Å². The number of azide groups is 1. The van der Waals surface area contributed by atoms with Crippen molar-refractivity contribution in [3.05, 3.63) is 105 Å². The molecule has 0 unspecified atom stereocenters. The first-order chi connectivity index (χ1) is 24.3. The largest absolute Gasteiger partial charge is 0.465 e. The Kier molecular flexibility index (Phi) is 14.1. The number of rotatable bonds is 16. The monoisotopic (exact) mass is 748 g/mol. The lowest BCUT2D eigenvalue weighted by molar-refractivity contribution is -0.118. The predicted molar refractivity (Wildman–Crippen MR) is 186 cm³/mol. The molecule has 4 atom stereocenters. The van der Waals surface area contributed by atoms with Crippen LogP contribution in [0.25, 0.3) is 10.4 Å². The topological polar surface area (TPSA) is 194 Å². The van der Waals surface area contributed by atoms with E-state index in [0.717, 1.165) is 40.8 Å². The molecule has 0 aliphatic carbocycles. The van der Waals surface area contributed by atoms with Gasteiger partial charge in [0.15, 0.2) is 0 Å². The summed E-state index contributed by atoms with van der Waals surface area (Å²) in [6, 6.07) is 12.4. The number of ether oxygens (including phenoxy) is 1. The van der Waals surface area contributed by atoms with Crippen LogP contribution in [0, 0.1) is 17.6 Å². The standard InChI is InChI=1S/C34H39ClF2N6O7S/c1-21(44)19-43(34(46)47)20-26(41-51(48,49)27-12-9-25(36)10-13-27)11-14-28-29(37)3-2-4-30(28)39-33(45)32(40-42-38)31(23-15-17-50-18-16-23)22-5-7-24(35)8-6-22/h2-10,12-13,21,23,26,31-32,41,44H,11,14-20H2,1H3,(H,39,45)(H,46,47)/t21-,26-,31-,32-/m0/s1. The van der Waals surface area contributed by atoms with Gasteiger partial charge in [-0.05, 0) is 98.2 Å². The third kappa shape index (κ3) is 11.1. The Labute approximate surface area is 299 Å². The molecule has 1 saturated heterocycles. The highest BCUT2D eigenvalue weighted by atomic mass is 35.5. The molecule has 0 saturated carbocycles. The van der Waals surface area contributed by atoms with Crippen molar-refractivity contribution < 1.29 is 41.7 Å². The number of sulfonamides is 1. The maximum absolute atomic E-state index is 15.5. The second kappa shape index (κ2) is 18.3. The molecule has 1 fully saturated rings. The van der Waals surface area contributed by atoms with Crippen LogP contribution in [0.5, 0.6) is 0 Å². The summed E-state index contributed by atoms with van der Waals surface area (Å²) >= 11 is 6.12. The second-order valence-corrected chi connectivity index (χ2v) is 14.4. The lowest BCUT2D eigenvalue weighted by Gasteiger charge is -2.34. The SMILES string of the molecule is C[C@H](O)CN(C[C@H](CCc1c(F)cccc1NC(=O)[C@@H](N=[N+]=[N-])[C@@H](c1ccc(Cl)cc1)C1CCOCC1)NS(=O)(=O)c1ccc(F)cc1)C(=O)O. The summed E-state index contributed by atoms with van der Waals surface area (Å²) in [5.74, 6) is -2.76. The van der Waals surface area contributed by atoms with E-state index in [0.29, 0.717) is 31.1 Å². The molecule has 0 aromatic heterocycles. The summed E-state index contributed by atoms with van der Waals surface area (Å²) in [4.78, 5) is 29.4. The van der Waals surface area contributed by atoms with Gasteiger partial charge in [-0.25, -0.2) is 26.7 Å². The third-order valence-corrected chi connectivity index (χ3v) is 10.4. The number of aliphatic hydroxyl groups is 1. The van der Waals surface area contributed by atoms with Crippen molar-refractivity contribution in [2.75, 3.05) is 31.6 Å². The molecule has 13 nitrogen and oxygen atoms in total. The van der Waals surface area contributed by atoms with E-state index in [9.17, 15) is 38.1 Å². The first-order valence-corrected chi connectivity index (χ1v) is 18.0. The molecule has 0 radical (unpaired) electrons. The Morgan fingerprint density at radius 1 is 1.08 bits per heavy atom. The number of anilines is 1. The third-order valence-electron chi connectivity index (χ3n) is 8.57. The van der Waals surface area contributed by atoms with Crippen molar-refractivity contribution >= 4 is 39.3 Å². The van der Waals surface area contributed by atoms with Crippen LogP contribution in [0.2, 0.25) is 5.02 Å². The number of nitrogens with zero attached hydrogens (tertiary/aromatic N) is 4. The molecule has 17 heteroatoms. The van der Waals surface area contributed by atoms with Gasteiger partial charge < -0.3 is 25.2 Å². The maximum atomic E-state index is 15.5. The van der Waals surface area contributed by atoms with Gasteiger partial charge in [0, 0.05) is 59.4 Å². The minimum atomic E-state index is -4.31. The number of aliphatic hydroxyl groups excluding tert-OH is 1. The lowest BCUT2D eigenvalue weighted by atomic mass is 9.76. The van der Waals surface area contributed by atoms with E-state index in [-0.39, 0.29) is 41.5 Å². The van der Waals surface area contributed by atoms with E-state index in [1.165, 1.54) is 19.1 Å². The highest BCUT2D eigenvalue weighted by Crippen LogP contribution is 2.37. The average Bonchev–Trinajstić information content (AvgIpc) is 3.08. The zero-order valence-electron chi connectivity index (χ0n) is 27.7. The molecule has 1 aliphatic rings. The average molecular weight is 749 g/mol. The highest BCUT2D eigenvalue weighted by molar-refractivity contribution is 7.89. The molecular weight excluding hydrogens is 710 g/mol. The second-order valence-electron chi connectivity index (χ2n) is 12.3. The lowest BCUT2D eigenvalue weighted by Crippen LogP contribution is -2.47. The van der Waals surface area contributed by atoms with Gasteiger partial charge in [-0.1, -0.05) is 34.9 Å². The van der Waals surface area contributed by atoms with Gasteiger partial charge >= 0.3 is 6.09 Å². The summed E-state index contributed by atoms with van der Waals surface area (Å²) in [5, 5.41) is 26.7. The number of halogens is 3. The van der Waals surface area contributed by atoms with Crippen LogP contribution in [0.4, 0.5) is 19.3 Å². The number of hydrogen-bond acceptors (Lipinski definition) is 7. The molecule has 0 bridgehead atoms. The van der Waals surface area contributed by atoms with Crippen LogP contribution in [-0.2, 0) is 26.0 Å². The molecule has 274 valence electrons. The Morgan fingerprint density at radius 3 is 2.35 bits per heavy atom. The van der Waals surface area contributed by atoms with Gasteiger partial charge in [-0.2, -0.15) is 0 Å². The van der Waals surface area contributed by atoms with Crippen LogP contribution >= 0.6 is 11.6 Å². The molecule has 4 N–H and O–H groups in total. The smallest absolute Gasteiger partial charge is 0.407 e. The van der Waals surface area contributed by atoms with Gasteiger partial charge in [0.2, 0.25) is 15.9 Å². The Morgan fingerprint density at radius 2 is 1.75 bits per heavy atom. The van der Waals surface area contributed by atoms with Gasteiger partial charge in [-0.3, -0.25) is 4.79 Å². The zero-order chi connectivity index (χ0) is 37.1. The number of carbonyl (C=O) groups is 2. The maximum Gasteiger partial charge on any atom is 0.407 e. The summed E-state index contributed by atoms with van der Waals surface area (Å²) in [6.45, 7) is 1.51. The van der Waals surface area contributed by atoms with Crippen LogP contribution in [0.3, 0.4) is 0 Å². The van der Waals surface area contributed by atoms with E-state index < -0.39 is 64.3 Å². The van der Waals surface area contributed by atoms with Gasteiger partial charge in [0.25, 0.3) is 0 Å². The highest BCUT2D eigenvalue weighted by Gasteiger charge is 2.36. The minimum absolute atomic E-state index is 0.0111. The van der Waals surface area contributed by atoms with Crippen molar-refractivity contribution in [1.82, 2.24) is 9.62 Å². The number of amides is 2. The van der Waals surface area contributed by atoms with Crippen LogP contribution in [0.1, 0.15) is 43.2 Å². The molecule has 1 aliphatic heterocycles. The van der Waals surface area contributed by atoms with Crippen molar-refractivity contribution in [2.24, 2.45) is 11.0 Å². The Balaban J connectivity index is 1.63. The van der Waals surface area contributed by atoms with E-state index >= 15 is 4.39 Å². The van der Waals surface area contributed by atoms with Gasteiger partial charge in [0.05, 0.1) is 11.0 Å². The molecule has 3 aromatic carbocycles. The molecule has 4 rings (SSSR count). The normalized spacial score (nSPS) is 15.9. The first-order valence-electron chi connectivity index (χ1n) is 16.2. The van der Waals surface area contributed by atoms with Gasteiger partial charge in [0.1, 0.15) is 17.7 Å². The zero-order valence-corrected chi connectivity index (χ0v) is 29.2. The molecular formula is C34H39ClF2N6O7S. The summed E-state index contributed by atoms with van der Waals surface area (Å²) < 4.78 is 63.4. The Bertz CT molecular complexity index is 1810. The number of hydrogen-bond donors (Lipinski definition) is 4. The van der Waals surface area contributed by atoms with Gasteiger partial charge in [-0.15, -0.1) is 0 Å². The molecule has 0 spiro atoms. The molecule has 3 aromatic rings. The minimum Gasteiger partial charge on any atom is -0.465 e. The van der Waals surface area contributed by atoms with E-state index in [1.807, 2.05) is 0 Å². The molecule has 2 amide bonds. The van der Waals surface area contributed by atoms with Crippen LogP contribution < -0.4 is 10.0 Å². The fourth-order valence-electron chi connectivity index (χ4n) is 6.17. The first kappa shape index (κ1) is 39.5. The molecule has 51 heavy (non-hydrogen) atoms. The molecule has 1 heterocycles. The number of benzene rings is 3. The van der Waals surface area contributed by atoms with Crippen LogP contribution in [-0.4, -0.2) is 80.0 Å². The fraction of sp³-hybridized carbons (Fsp3) is 0.412. The van der Waals surface area contributed by atoms with E-state index in [2.05, 4.69) is 20.1 Å². The summed E-state index contributed by atoms with van der Waals surface area (Å²) in [5.41, 5.74) is 10.3. The van der Waals surface area contributed by atoms with Crippen molar-refractivity contribution in [2.45, 2.75) is 61.6 Å². The predicted octanol–water partition coefficient (Wildman–Crippen LogP) is 6.09. The Hall–Kier alpha value is -4.31. The number of carboxylic acid groups (broad SMARTS) is 1. The summed E-state index contributed by atoms with van der Waals surface area (Å²) in [6.07, 6.45) is -1.66. The van der Waals surface area contributed by atoms with Crippen molar-refractivity contribution in [1.29, 1.82) is 0 Å². The summed E-state index contributed by atoms with van der Waals surface area (Å²) in [7, 11) is -4.31. The fourth-order valence-corrected chi connectivity index (χ4v) is 7.56. The number of nitrogens with one attached hydrogen (secondary N) is 2. The van der Waals surface area contributed by atoms with Crippen LogP contribution in [0.15, 0.2) is 76.7 Å². The van der Waals surface area contributed by atoms with Crippen molar-refractivity contribution in [3.63, 3.8) is 0 Å². The van der Waals surface area contributed by atoms with E-state index in [4.69, 9.17) is 16.3 Å². The number of carbonyl (C=O) groups excluding carboxylic acids is 1. The quantitative estimate of drug-likeness (QED) is 0.0773.